The number of fused-ring (bicyclic) bond motifs is 2. The zero-order chi connectivity index (χ0) is 26.4. The second kappa shape index (κ2) is 10.4. The molecule has 0 saturated carbocycles. The summed E-state index contributed by atoms with van der Waals surface area (Å²) in [6, 6.07) is 18.2. The molecule has 3 aliphatic rings. The highest BCUT2D eigenvalue weighted by atomic mass is 127. The van der Waals surface area contributed by atoms with Crippen molar-refractivity contribution in [2.24, 2.45) is 11.8 Å². The molecule has 3 heterocycles. The summed E-state index contributed by atoms with van der Waals surface area (Å²) >= 11 is 2.41. The molecule has 200 valence electrons. The molecule has 1 saturated heterocycles. The van der Waals surface area contributed by atoms with Crippen molar-refractivity contribution in [3.05, 3.63) is 71.3 Å². The molecule has 0 aromatic heterocycles. The van der Waals surface area contributed by atoms with E-state index in [0.29, 0.717) is 23.3 Å². The first-order chi connectivity index (χ1) is 18.4. The smallest absolute Gasteiger partial charge is 0.231 e. The van der Waals surface area contributed by atoms with E-state index in [1.54, 1.807) is 7.11 Å². The fourth-order valence-corrected chi connectivity index (χ4v) is 5.92. The summed E-state index contributed by atoms with van der Waals surface area (Å²) in [5.41, 5.74) is 3.30. The van der Waals surface area contributed by atoms with Gasteiger partial charge in [0.25, 0.3) is 0 Å². The van der Waals surface area contributed by atoms with E-state index < -0.39 is 0 Å². The number of benzene rings is 3. The number of halogens is 1. The Morgan fingerprint density at radius 1 is 0.737 bits per heavy atom. The zero-order valence-corrected chi connectivity index (χ0v) is 24.0. The molecule has 1 fully saturated rings. The van der Waals surface area contributed by atoms with Crippen LogP contribution in [0, 0.1) is 11.8 Å². The Kier molecular flexibility index (Phi) is 6.94. The number of rotatable bonds is 7. The largest absolute Gasteiger partial charge is 0.493 e. The van der Waals surface area contributed by atoms with E-state index in [1.807, 2.05) is 36.4 Å². The average molecular weight is 630 g/mol. The van der Waals surface area contributed by atoms with Gasteiger partial charge in [-0.25, -0.2) is 0 Å². The number of alkyl halides is 1. The van der Waals surface area contributed by atoms with Gasteiger partial charge in [-0.15, -0.1) is 0 Å². The number of ether oxygens (including phenoxy) is 7. The van der Waals surface area contributed by atoms with Crippen molar-refractivity contribution in [2.75, 3.05) is 20.7 Å². The second-order valence-corrected chi connectivity index (χ2v) is 11.4. The van der Waals surface area contributed by atoms with Gasteiger partial charge in [-0.05, 0) is 71.8 Å². The zero-order valence-electron chi connectivity index (χ0n) is 21.8. The van der Waals surface area contributed by atoms with Crippen LogP contribution in [0.15, 0.2) is 54.6 Å². The minimum absolute atomic E-state index is 0.0343. The average Bonchev–Trinajstić information content (AvgIpc) is 3.67. The lowest BCUT2D eigenvalue weighted by atomic mass is 9.85. The first kappa shape index (κ1) is 25.4. The van der Waals surface area contributed by atoms with Crippen LogP contribution in [0.25, 0.3) is 0 Å². The lowest BCUT2D eigenvalue weighted by Gasteiger charge is -2.23. The molecule has 6 unspecified atom stereocenters. The third-order valence-electron chi connectivity index (χ3n) is 7.76. The van der Waals surface area contributed by atoms with E-state index in [9.17, 15) is 0 Å². The molecule has 0 N–H and O–H groups in total. The fourth-order valence-electron chi connectivity index (χ4n) is 5.39. The van der Waals surface area contributed by atoms with Gasteiger partial charge in [-0.1, -0.05) is 54.6 Å². The summed E-state index contributed by atoms with van der Waals surface area (Å²) in [6.45, 7) is 7.08. The van der Waals surface area contributed by atoms with Crippen LogP contribution in [0.4, 0.5) is 0 Å². The molecular formula is C30H31IO7. The van der Waals surface area contributed by atoms with Crippen molar-refractivity contribution in [1.29, 1.82) is 0 Å². The molecule has 0 amide bonds. The van der Waals surface area contributed by atoms with E-state index in [1.165, 1.54) is 0 Å². The molecule has 3 aromatic rings. The maximum atomic E-state index is 6.65. The third-order valence-corrected chi connectivity index (χ3v) is 9.49. The van der Waals surface area contributed by atoms with Crippen LogP contribution in [0.1, 0.15) is 53.6 Å². The van der Waals surface area contributed by atoms with Gasteiger partial charge in [0.1, 0.15) is 6.10 Å². The summed E-state index contributed by atoms with van der Waals surface area (Å²) in [5, 5.41) is 0. The van der Waals surface area contributed by atoms with Gasteiger partial charge in [0.15, 0.2) is 34.5 Å². The molecule has 3 aliphatic heterocycles. The summed E-state index contributed by atoms with van der Waals surface area (Å²) in [6.07, 6.45) is -0.201. The molecule has 0 bridgehead atoms. The van der Waals surface area contributed by atoms with Crippen molar-refractivity contribution in [1.82, 2.24) is 0 Å². The van der Waals surface area contributed by atoms with E-state index in [2.05, 4.69) is 61.6 Å². The molecule has 6 atom stereocenters. The van der Waals surface area contributed by atoms with Gasteiger partial charge >= 0.3 is 0 Å². The molecule has 3 aromatic carbocycles. The highest BCUT2D eigenvalue weighted by molar-refractivity contribution is 14.1. The Balaban J connectivity index is 1.18. The van der Waals surface area contributed by atoms with Gasteiger partial charge < -0.3 is 33.2 Å². The van der Waals surface area contributed by atoms with Gasteiger partial charge in [0.05, 0.1) is 23.2 Å². The molecule has 0 radical (unpaired) electrons. The summed E-state index contributed by atoms with van der Waals surface area (Å²) in [4.78, 5) is 0. The van der Waals surface area contributed by atoms with Crippen LogP contribution < -0.4 is 28.4 Å². The lowest BCUT2D eigenvalue weighted by molar-refractivity contribution is 0.0288. The highest BCUT2D eigenvalue weighted by Gasteiger charge is 2.41. The highest BCUT2D eigenvalue weighted by Crippen LogP contribution is 2.51. The molecule has 8 heteroatoms. The minimum Gasteiger partial charge on any atom is -0.493 e. The number of hydrogen-bond acceptors (Lipinski definition) is 7. The van der Waals surface area contributed by atoms with Crippen molar-refractivity contribution in [2.45, 2.75) is 43.0 Å². The van der Waals surface area contributed by atoms with Gasteiger partial charge in [-0.2, -0.15) is 0 Å². The summed E-state index contributed by atoms with van der Waals surface area (Å²) < 4.78 is 41.0. The quantitative estimate of drug-likeness (QED) is 0.203. The van der Waals surface area contributed by atoms with Crippen molar-refractivity contribution in [3.63, 3.8) is 0 Å². The summed E-state index contributed by atoms with van der Waals surface area (Å²) in [7, 11) is 1.67. The predicted molar refractivity (Wildman–Crippen MR) is 150 cm³/mol. The Morgan fingerprint density at radius 3 is 2.00 bits per heavy atom. The Labute approximate surface area is 236 Å². The second-order valence-electron chi connectivity index (χ2n) is 10.1. The number of hydrogen-bond donors (Lipinski definition) is 0. The number of methoxy groups -OCH3 is 1. The van der Waals surface area contributed by atoms with Crippen molar-refractivity contribution in [3.8, 4) is 34.5 Å². The van der Waals surface area contributed by atoms with Crippen molar-refractivity contribution >= 4 is 22.6 Å². The summed E-state index contributed by atoms with van der Waals surface area (Å²) in [5.74, 6) is 5.15. The van der Waals surface area contributed by atoms with Crippen LogP contribution in [0.5, 0.6) is 34.5 Å². The van der Waals surface area contributed by atoms with Crippen LogP contribution in [0.2, 0.25) is 0 Å². The SMILES string of the molecule is COc1cc(C2OC(c3ccc4c(c3)OCO4)C(C)C2C)ccc1OC(C)C(I)c1ccc2c(c1)OCO2. The van der Waals surface area contributed by atoms with Crippen LogP contribution in [-0.2, 0) is 4.74 Å². The van der Waals surface area contributed by atoms with Crippen molar-refractivity contribution < 1.29 is 33.2 Å². The first-order valence-electron chi connectivity index (χ1n) is 12.9. The standard InChI is InChI=1S/C30H31IO7/c1-16-17(2)30(21-6-9-23-27(13-21)36-15-34-23)38-29(16)20-7-10-24(25(12-20)32-4)37-18(3)28(31)19-5-8-22-26(11-19)35-14-33-22/h5-13,16-18,28-30H,14-15H2,1-4H3. The molecule has 38 heavy (non-hydrogen) atoms. The molecule has 0 spiro atoms. The topological polar surface area (TPSA) is 64.6 Å². The van der Waals surface area contributed by atoms with Crippen LogP contribution in [-0.4, -0.2) is 26.8 Å². The molecular weight excluding hydrogens is 599 g/mol. The minimum atomic E-state index is -0.104. The van der Waals surface area contributed by atoms with Gasteiger partial charge in [0.2, 0.25) is 13.6 Å². The third kappa shape index (κ3) is 4.62. The first-order valence-corrected chi connectivity index (χ1v) is 14.1. The fraction of sp³-hybridized carbons (Fsp3) is 0.400. The maximum Gasteiger partial charge on any atom is 0.231 e. The molecule has 0 aliphatic carbocycles. The molecule has 7 nitrogen and oxygen atoms in total. The van der Waals surface area contributed by atoms with Gasteiger partial charge in [-0.3, -0.25) is 0 Å². The van der Waals surface area contributed by atoms with E-state index in [-0.39, 0.29) is 35.8 Å². The van der Waals surface area contributed by atoms with Crippen LogP contribution in [0.3, 0.4) is 0 Å². The normalized spacial score (nSPS) is 24.8. The monoisotopic (exact) mass is 630 g/mol. The Bertz CT molecular complexity index is 1330. The van der Waals surface area contributed by atoms with E-state index >= 15 is 0 Å². The van der Waals surface area contributed by atoms with Crippen LogP contribution >= 0.6 is 22.6 Å². The molecule has 6 rings (SSSR count). The lowest BCUT2D eigenvalue weighted by Crippen LogP contribution is -2.18. The van der Waals surface area contributed by atoms with Gasteiger partial charge in [0, 0.05) is 0 Å². The van der Waals surface area contributed by atoms with E-state index in [4.69, 9.17) is 33.2 Å². The Morgan fingerprint density at radius 2 is 1.32 bits per heavy atom. The maximum absolute atomic E-state index is 6.65. The van der Waals surface area contributed by atoms with E-state index in [0.717, 1.165) is 39.7 Å². The Hall–Kier alpha value is -2.85. The predicted octanol–water partition coefficient (Wildman–Crippen LogP) is 7.18.